The van der Waals surface area contributed by atoms with Crippen LogP contribution in [0.3, 0.4) is 0 Å². The zero-order chi connectivity index (χ0) is 14.8. The Balaban J connectivity index is 1.87. The molecule has 0 N–H and O–H groups in total. The molecule has 0 aromatic carbocycles. The summed E-state index contributed by atoms with van der Waals surface area (Å²) in [5, 5.41) is 0. The van der Waals surface area contributed by atoms with E-state index in [-0.39, 0.29) is 11.9 Å². The van der Waals surface area contributed by atoms with Crippen molar-refractivity contribution in [2.45, 2.75) is 18.9 Å². The van der Waals surface area contributed by atoms with E-state index in [2.05, 4.69) is 9.97 Å². The number of hydrogen-bond donors (Lipinski definition) is 0. The van der Waals surface area contributed by atoms with Crippen molar-refractivity contribution in [3.8, 4) is 0 Å². The van der Waals surface area contributed by atoms with Crippen LogP contribution in [0.4, 0.5) is 5.82 Å². The quantitative estimate of drug-likeness (QED) is 0.864. The molecule has 1 aliphatic heterocycles. The first-order chi connectivity index (χ1) is 10.2. The van der Waals surface area contributed by atoms with Crippen molar-refractivity contribution in [3.63, 3.8) is 0 Å². The van der Waals surface area contributed by atoms with E-state index in [9.17, 15) is 4.79 Å². The lowest BCUT2D eigenvalue weighted by Gasteiger charge is -2.24. The molecule has 0 spiro atoms. The second-order valence-electron chi connectivity index (χ2n) is 5.36. The van der Waals surface area contributed by atoms with Crippen molar-refractivity contribution in [2.75, 3.05) is 25.5 Å². The highest BCUT2D eigenvalue weighted by molar-refractivity contribution is 5.91. The number of hydrogen-bond acceptors (Lipinski definition) is 5. The molecule has 0 bridgehead atoms. The van der Waals surface area contributed by atoms with Crippen molar-refractivity contribution in [1.29, 1.82) is 0 Å². The van der Waals surface area contributed by atoms with Gasteiger partial charge >= 0.3 is 0 Å². The van der Waals surface area contributed by atoms with Crippen LogP contribution in [0.2, 0.25) is 0 Å². The van der Waals surface area contributed by atoms with Gasteiger partial charge in [-0.25, -0.2) is 9.97 Å². The largest absolute Gasteiger partial charge is 0.438 e. The Bertz CT molecular complexity index is 624. The number of nitrogens with zero attached hydrogens (tertiary/aromatic N) is 4. The highest BCUT2D eigenvalue weighted by Gasteiger charge is 2.32. The molecule has 1 aliphatic rings. The normalized spacial score (nSPS) is 18.0. The lowest BCUT2D eigenvalue weighted by molar-refractivity contribution is 0.0703. The van der Waals surface area contributed by atoms with Gasteiger partial charge in [-0.1, -0.05) is 0 Å². The smallest absolute Gasteiger partial charge is 0.291 e. The minimum absolute atomic E-state index is 0.0734. The van der Waals surface area contributed by atoms with Crippen LogP contribution in [0.15, 0.2) is 35.3 Å². The summed E-state index contributed by atoms with van der Waals surface area (Å²) in [7, 11) is 3.91. The molecule has 6 nitrogen and oxygen atoms in total. The number of amides is 1. The Kier molecular flexibility index (Phi) is 3.60. The average molecular weight is 286 g/mol. The van der Waals surface area contributed by atoms with E-state index in [1.165, 1.54) is 12.6 Å². The lowest BCUT2D eigenvalue weighted by atomic mass is 10.1. The molecular formula is C15H18N4O2. The summed E-state index contributed by atoms with van der Waals surface area (Å²) < 4.78 is 5.13. The summed E-state index contributed by atoms with van der Waals surface area (Å²) in [6.07, 6.45) is 6.49. The summed E-state index contributed by atoms with van der Waals surface area (Å²) in [4.78, 5) is 24.4. The Labute approximate surface area is 123 Å². The van der Waals surface area contributed by atoms with Crippen LogP contribution in [0, 0.1) is 0 Å². The number of pyridine rings is 1. The molecule has 1 amide bonds. The van der Waals surface area contributed by atoms with Crippen LogP contribution < -0.4 is 4.90 Å². The summed E-state index contributed by atoms with van der Waals surface area (Å²) in [6, 6.07) is 4.09. The van der Waals surface area contributed by atoms with E-state index in [1.54, 1.807) is 6.20 Å². The van der Waals surface area contributed by atoms with Crippen LogP contribution in [-0.2, 0) is 0 Å². The average Bonchev–Trinajstić information content (AvgIpc) is 3.18. The molecule has 1 fully saturated rings. The molecule has 110 valence electrons. The summed E-state index contributed by atoms with van der Waals surface area (Å²) in [5.41, 5.74) is 1.11. The van der Waals surface area contributed by atoms with Crippen LogP contribution in [0.25, 0.3) is 0 Å². The van der Waals surface area contributed by atoms with E-state index in [4.69, 9.17) is 4.42 Å². The van der Waals surface area contributed by atoms with Gasteiger partial charge in [-0.05, 0) is 30.5 Å². The third kappa shape index (κ3) is 2.61. The van der Waals surface area contributed by atoms with Gasteiger partial charge in [0.15, 0.2) is 6.39 Å². The Morgan fingerprint density at radius 3 is 3.05 bits per heavy atom. The number of rotatable bonds is 3. The molecule has 2 aromatic heterocycles. The van der Waals surface area contributed by atoms with E-state index in [0.717, 1.165) is 30.8 Å². The Morgan fingerprint density at radius 1 is 1.48 bits per heavy atom. The molecule has 0 unspecified atom stereocenters. The molecule has 1 saturated heterocycles. The summed E-state index contributed by atoms with van der Waals surface area (Å²) in [6.45, 7) is 0.740. The first-order valence-corrected chi connectivity index (χ1v) is 6.99. The van der Waals surface area contributed by atoms with E-state index < -0.39 is 0 Å². The Hall–Kier alpha value is -2.37. The molecule has 6 heteroatoms. The van der Waals surface area contributed by atoms with Gasteiger partial charge in [0.1, 0.15) is 5.82 Å². The maximum atomic E-state index is 12.5. The van der Waals surface area contributed by atoms with Crippen LogP contribution in [-0.4, -0.2) is 41.4 Å². The second kappa shape index (κ2) is 5.55. The highest BCUT2D eigenvalue weighted by Crippen LogP contribution is 2.33. The predicted molar refractivity (Wildman–Crippen MR) is 78.1 cm³/mol. The first kappa shape index (κ1) is 13.6. The summed E-state index contributed by atoms with van der Waals surface area (Å²) in [5.74, 6) is 1.09. The first-order valence-electron chi connectivity index (χ1n) is 6.99. The van der Waals surface area contributed by atoms with Crippen LogP contribution in [0.5, 0.6) is 0 Å². The molecule has 1 atom stereocenters. The highest BCUT2D eigenvalue weighted by atomic mass is 16.3. The third-order valence-electron chi connectivity index (χ3n) is 3.77. The van der Waals surface area contributed by atoms with E-state index >= 15 is 0 Å². The number of carbonyl (C=O) groups excluding carboxylic acids is 1. The molecule has 3 heterocycles. The van der Waals surface area contributed by atoms with Crippen LogP contribution in [0.1, 0.15) is 35.0 Å². The molecule has 0 radical (unpaired) electrons. The van der Waals surface area contributed by atoms with Gasteiger partial charge in [0.2, 0.25) is 5.76 Å². The van der Waals surface area contributed by atoms with Gasteiger partial charge in [0.25, 0.3) is 5.91 Å². The van der Waals surface area contributed by atoms with Gasteiger partial charge in [-0.15, -0.1) is 0 Å². The van der Waals surface area contributed by atoms with E-state index in [0.29, 0.717) is 5.76 Å². The number of anilines is 1. The van der Waals surface area contributed by atoms with Gasteiger partial charge < -0.3 is 14.2 Å². The maximum absolute atomic E-state index is 12.5. The molecule has 3 rings (SSSR count). The van der Waals surface area contributed by atoms with Crippen molar-refractivity contribution in [3.05, 3.63) is 42.2 Å². The predicted octanol–water partition coefficient (Wildman–Crippen LogP) is 2.11. The number of likely N-dealkylation sites (tertiary alicyclic amines) is 1. The monoisotopic (exact) mass is 286 g/mol. The third-order valence-corrected chi connectivity index (χ3v) is 3.77. The Morgan fingerprint density at radius 2 is 2.33 bits per heavy atom. The van der Waals surface area contributed by atoms with Crippen molar-refractivity contribution < 1.29 is 9.21 Å². The van der Waals surface area contributed by atoms with Crippen molar-refractivity contribution in [1.82, 2.24) is 14.9 Å². The molecule has 21 heavy (non-hydrogen) atoms. The second-order valence-corrected chi connectivity index (χ2v) is 5.36. The molecule has 2 aromatic rings. The standard InChI is InChI=1S/C15H18N4O2/c1-18(2)14-8-11(5-6-17-14)12-4-3-7-19(12)15(20)13-9-16-10-21-13/h5-6,8-10,12H,3-4,7H2,1-2H3/t12-/m0/s1. The number of oxazole rings is 1. The number of carbonyl (C=O) groups is 1. The van der Waals surface area contributed by atoms with Crippen LogP contribution >= 0.6 is 0 Å². The lowest BCUT2D eigenvalue weighted by Crippen LogP contribution is -2.30. The zero-order valence-corrected chi connectivity index (χ0v) is 12.2. The minimum Gasteiger partial charge on any atom is -0.438 e. The zero-order valence-electron chi connectivity index (χ0n) is 12.2. The SMILES string of the molecule is CN(C)c1cc([C@@H]2CCCN2C(=O)c2cnco2)ccn1. The van der Waals surface area contributed by atoms with Crippen molar-refractivity contribution in [2.24, 2.45) is 0 Å². The molecular weight excluding hydrogens is 268 g/mol. The maximum Gasteiger partial charge on any atom is 0.291 e. The fourth-order valence-corrected chi connectivity index (χ4v) is 2.71. The fourth-order valence-electron chi connectivity index (χ4n) is 2.71. The van der Waals surface area contributed by atoms with Gasteiger partial charge in [-0.2, -0.15) is 0 Å². The van der Waals surface area contributed by atoms with Gasteiger partial charge in [-0.3, -0.25) is 4.79 Å². The summed E-state index contributed by atoms with van der Waals surface area (Å²) >= 11 is 0. The van der Waals surface area contributed by atoms with Gasteiger partial charge in [0.05, 0.1) is 12.2 Å². The topological polar surface area (TPSA) is 62.5 Å². The fraction of sp³-hybridized carbons (Fsp3) is 0.400. The van der Waals surface area contributed by atoms with Crippen molar-refractivity contribution >= 4 is 11.7 Å². The van der Waals surface area contributed by atoms with E-state index in [1.807, 2.05) is 36.0 Å². The molecule has 0 saturated carbocycles. The molecule has 0 aliphatic carbocycles. The van der Waals surface area contributed by atoms with Gasteiger partial charge in [0, 0.05) is 26.8 Å². The minimum atomic E-state index is -0.0989. The number of aromatic nitrogens is 2.